The zero-order valence-corrected chi connectivity index (χ0v) is 15.3. The molecule has 0 aliphatic carbocycles. The van der Waals surface area contributed by atoms with Crippen molar-refractivity contribution in [1.29, 1.82) is 0 Å². The molecule has 1 aliphatic rings. The number of hydrogen-bond acceptors (Lipinski definition) is 3. The van der Waals surface area contributed by atoms with Crippen LogP contribution in [0.25, 0.3) is 0 Å². The van der Waals surface area contributed by atoms with Gasteiger partial charge in [0.1, 0.15) is 17.6 Å². The number of benzene rings is 2. The highest BCUT2D eigenvalue weighted by atomic mass is 19.1. The van der Waals surface area contributed by atoms with Gasteiger partial charge in [-0.3, -0.25) is 9.59 Å². The zero-order valence-electron chi connectivity index (χ0n) is 15.3. The van der Waals surface area contributed by atoms with E-state index in [1.54, 1.807) is 41.3 Å². The summed E-state index contributed by atoms with van der Waals surface area (Å²) in [7, 11) is 0. The molecule has 27 heavy (non-hydrogen) atoms. The third-order valence-corrected chi connectivity index (χ3v) is 4.57. The predicted molar refractivity (Wildman–Crippen MR) is 101 cm³/mol. The number of halogens is 1. The summed E-state index contributed by atoms with van der Waals surface area (Å²) in [6.45, 7) is 2.78. The Labute approximate surface area is 158 Å². The molecule has 5 nitrogen and oxygen atoms in total. The van der Waals surface area contributed by atoms with E-state index in [1.165, 1.54) is 12.1 Å². The van der Waals surface area contributed by atoms with Crippen LogP contribution >= 0.6 is 0 Å². The molecular formula is C21H23FN2O3. The molecular weight excluding hydrogens is 347 g/mol. The van der Waals surface area contributed by atoms with E-state index in [4.69, 9.17) is 4.74 Å². The van der Waals surface area contributed by atoms with Crippen LogP contribution in [0.4, 0.5) is 10.1 Å². The Morgan fingerprint density at radius 2 is 1.89 bits per heavy atom. The number of rotatable bonds is 6. The van der Waals surface area contributed by atoms with E-state index in [0.717, 1.165) is 11.3 Å². The van der Waals surface area contributed by atoms with Gasteiger partial charge in [0.25, 0.3) is 0 Å². The van der Waals surface area contributed by atoms with E-state index in [2.05, 4.69) is 5.32 Å². The minimum Gasteiger partial charge on any atom is -0.494 e. The number of carbonyl (C=O) groups excluding carboxylic acids is 2. The molecule has 1 unspecified atom stereocenters. The third kappa shape index (κ3) is 4.84. The van der Waals surface area contributed by atoms with Crippen LogP contribution in [0.15, 0.2) is 48.5 Å². The average Bonchev–Trinajstić information content (AvgIpc) is 2.67. The number of carbonyl (C=O) groups is 2. The van der Waals surface area contributed by atoms with E-state index < -0.39 is 6.04 Å². The van der Waals surface area contributed by atoms with Crippen molar-refractivity contribution in [2.75, 3.05) is 11.9 Å². The lowest BCUT2D eigenvalue weighted by Gasteiger charge is -2.34. The van der Waals surface area contributed by atoms with Gasteiger partial charge in [-0.25, -0.2) is 4.39 Å². The van der Waals surface area contributed by atoms with E-state index in [0.29, 0.717) is 38.1 Å². The minimum atomic E-state index is -0.539. The van der Waals surface area contributed by atoms with Crippen LogP contribution in [0.5, 0.6) is 5.75 Å². The van der Waals surface area contributed by atoms with Gasteiger partial charge in [0.05, 0.1) is 6.61 Å². The molecule has 1 fully saturated rings. The van der Waals surface area contributed by atoms with E-state index in [-0.39, 0.29) is 17.6 Å². The first-order valence-corrected chi connectivity index (χ1v) is 9.14. The molecule has 1 heterocycles. The maximum Gasteiger partial charge on any atom is 0.247 e. The topological polar surface area (TPSA) is 58.6 Å². The Kier molecular flexibility index (Phi) is 6.06. The van der Waals surface area contributed by atoms with Gasteiger partial charge >= 0.3 is 0 Å². The fourth-order valence-electron chi connectivity index (χ4n) is 3.20. The van der Waals surface area contributed by atoms with Gasteiger partial charge < -0.3 is 15.0 Å². The molecule has 0 aromatic heterocycles. The van der Waals surface area contributed by atoms with E-state index in [1.807, 2.05) is 6.92 Å². The molecule has 1 atom stereocenters. The summed E-state index contributed by atoms with van der Waals surface area (Å²) >= 11 is 0. The highest BCUT2D eigenvalue weighted by molar-refractivity contribution is 5.97. The zero-order chi connectivity index (χ0) is 19.2. The van der Waals surface area contributed by atoms with Gasteiger partial charge in [-0.2, -0.15) is 0 Å². The Hall–Kier alpha value is -2.89. The lowest BCUT2D eigenvalue weighted by atomic mass is 9.99. The molecule has 0 radical (unpaired) electrons. The van der Waals surface area contributed by atoms with Gasteiger partial charge in [-0.15, -0.1) is 0 Å². The Morgan fingerprint density at radius 1 is 1.19 bits per heavy atom. The van der Waals surface area contributed by atoms with E-state index in [9.17, 15) is 14.0 Å². The minimum absolute atomic E-state index is 0.0579. The maximum absolute atomic E-state index is 13.1. The first-order chi connectivity index (χ1) is 13.1. The number of nitrogens with one attached hydrogen (secondary N) is 1. The van der Waals surface area contributed by atoms with Gasteiger partial charge in [-0.05, 0) is 61.7 Å². The molecule has 2 amide bonds. The Balaban J connectivity index is 1.70. The fraction of sp³-hybridized carbons (Fsp3) is 0.333. The smallest absolute Gasteiger partial charge is 0.247 e. The number of ether oxygens (including phenoxy) is 1. The highest BCUT2D eigenvalue weighted by Crippen LogP contribution is 2.23. The molecule has 3 rings (SSSR count). The van der Waals surface area contributed by atoms with Crippen LogP contribution in [0, 0.1) is 5.82 Å². The van der Waals surface area contributed by atoms with Crippen molar-refractivity contribution in [2.24, 2.45) is 0 Å². The van der Waals surface area contributed by atoms with Crippen molar-refractivity contribution in [3.63, 3.8) is 0 Å². The number of nitrogens with zero attached hydrogens (tertiary/aromatic N) is 1. The molecule has 6 heteroatoms. The molecule has 2 aromatic carbocycles. The predicted octanol–water partition coefficient (Wildman–Crippen LogP) is 3.74. The van der Waals surface area contributed by atoms with Crippen LogP contribution in [-0.4, -0.2) is 29.4 Å². The monoisotopic (exact) mass is 370 g/mol. The lowest BCUT2D eigenvalue weighted by molar-refractivity contribution is -0.142. The molecule has 0 spiro atoms. The van der Waals surface area contributed by atoms with Crippen LogP contribution in [0.1, 0.15) is 31.7 Å². The summed E-state index contributed by atoms with van der Waals surface area (Å²) in [5.74, 6) is 0.140. The van der Waals surface area contributed by atoms with Crippen LogP contribution in [0.3, 0.4) is 0 Å². The Bertz CT molecular complexity index is 790. The van der Waals surface area contributed by atoms with Gasteiger partial charge in [-0.1, -0.05) is 12.1 Å². The summed E-state index contributed by atoms with van der Waals surface area (Å²) in [5, 5.41) is 2.88. The van der Waals surface area contributed by atoms with E-state index >= 15 is 0 Å². The van der Waals surface area contributed by atoms with Crippen molar-refractivity contribution in [3.8, 4) is 5.75 Å². The van der Waals surface area contributed by atoms with Gasteiger partial charge in [0.2, 0.25) is 11.8 Å². The van der Waals surface area contributed by atoms with Crippen molar-refractivity contribution < 1.29 is 18.7 Å². The largest absolute Gasteiger partial charge is 0.494 e. The second-order valence-electron chi connectivity index (χ2n) is 6.50. The molecule has 1 N–H and O–H groups in total. The van der Waals surface area contributed by atoms with Crippen molar-refractivity contribution >= 4 is 17.5 Å². The molecule has 1 saturated heterocycles. The number of piperidine rings is 1. The fourth-order valence-corrected chi connectivity index (χ4v) is 3.20. The standard InChI is InChI=1S/C21H23FN2O3/c1-2-27-18-12-10-17(11-13-18)23-21(26)19-4-3-5-20(25)24(19)14-15-6-8-16(22)9-7-15/h6-13,19H,2-5,14H2,1H3,(H,23,26). The summed E-state index contributed by atoms with van der Waals surface area (Å²) in [4.78, 5) is 26.8. The van der Waals surface area contributed by atoms with Crippen LogP contribution in [-0.2, 0) is 16.1 Å². The van der Waals surface area contributed by atoms with Gasteiger partial charge in [0, 0.05) is 18.7 Å². The van der Waals surface area contributed by atoms with Crippen LogP contribution < -0.4 is 10.1 Å². The molecule has 1 aliphatic heterocycles. The lowest BCUT2D eigenvalue weighted by Crippen LogP contribution is -2.49. The van der Waals surface area contributed by atoms with Crippen molar-refractivity contribution in [2.45, 2.75) is 38.8 Å². The second-order valence-corrected chi connectivity index (χ2v) is 6.50. The maximum atomic E-state index is 13.1. The normalized spacial score (nSPS) is 16.9. The van der Waals surface area contributed by atoms with Gasteiger partial charge in [0.15, 0.2) is 0 Å². The average molecular weight is 370 g/mol. The highest BCUT2D eigenvalue weighted by Gasteiger charge is 2.33. The molecule has 2 aromatic rings. The quantitative estimate of drug-likeness (QED) is 0.843. The van der Waals surface area contributed by atoms with Crippen molar-refractivity contribution in [3.05, 3.63) is 59.9 Å². The third-order valence-electron chi connectivity index (χ3n) is 4.57. The molecule has 0 saturated carbocycles. The van der Waals surface area contributed by atoms with Crippen LogP contribution in [0.2, 0.25) is 0 Å². The summed E-state index contributed by atoms with van der Waals surface area (Å²) in [6.07, 6.45) is 1.71. The second kappa shape index (κ2) is 8.66. The number of hydrogen-bond donors (Lipinski definition) is 1. The summed E-state index contributed by atoms with van der Waals surface area (Å²) < 4.78 is 18.5. The first-order valence-electron chi connectivity index (χ1n) is 9.14. The molecule has 0 bridgehead atoms. The number of amides is 2. The molecule has 142 valence electrons. The number of anilines is 1. The summed E-state index contributed by atoms with van der Waals surface area (Å²) in [5.41, 5.74) is 1.45. The first kappa shape index (κ1) is 18.9. The SMILES string of the molecule is CCOc1ccc(NC(=O)C2CCCC(=O)N2Cc2ccc(F)cc2)cc1. The number of likely N-dealkylation sites (tertiary alicyclic amines) is 1. The summed E-state index contributed by atoms with van der Waals surface area (Å²) in [6, 6.07) is 12.6. The Morgan fingerprint density at radius 3 is 2.56 bits per heavy atom. The van der Waals surface area contributed by atoms with Crippen molar-refractivity contribution in [1.82, 2.24) is 4.90 Å².